The van der Waals surface area contributed by atoms with Crippen LogP contribution in [0.1, 0.15) is 12.8 Å². The molecule has 0 unspecified atom stereocenters. The molecule has 0 aliphatic heterocycles. The van der Waals surface area contributed by atoms with E-state index >= 15 is 0 Å². The lowest BCUT2D eigenvalue weighted by Crippen LogP contribution is -2.29. The molecule has 1 N–H and O–H groups in total. The summed E-state index contributed by atoms with van der Waals surface area (Å²) >= 11 is 2.17. The largest absolute Gasteiger partial charge is 0.352 e. The third-order valence-corrected chi connectivity index (χ3v) is 2.41. The molecule has 0 bridgehead atoms. The van der Waals surface area contributed by atoms with Crippen molar-refractivity contribution < 1.29 is 4.79 Å². The second-order valence-corrected chi connectivity index (χ2v) is 4.44. The van der Waals surface area contributed by atoms with E-state index in [9.17, 15) is 4.79 Å². The highest BCUT2D eigenvalue weighted by molar-refractivity contribution is 14.1. The van der Waals surface area contributed by atoms with Gasteiger partial charge < -0.3 is 5.32 Å². The van der Waals surface area contributed by atoms with Crippen molar-refractivity contribution in [3.63, 3.8) is 0 Å². The smallest absolute Gasteiger partial charge is 0.241 e. The summed E-state index contributed by atoms with van der Waals surface area (Å²) in [6.07, 6.45) is 5.85. The van der Waals surface area contributed by atoms with Crippen LogP contribution in [0.4, 0.5) is 0 Å². The third-order valence-electron chi connectivity index (χ3n) is 1.85. The molecule has 1 heterocycles. The molecule has 0 atom stereocenters. The quantitative estimate of drug-likeness (QED) is 0.836. The van der Waals surface area contributed by atoms with Crippen LogP contribution in [0.5, 0.6) is 0 Å². The van der Waals surface area contributed by atoms with E-state index in [-0.39, 0.29) is 5.91 Å². The SMILES string of the molecule is O=C(Cn1cc(I)cn1)NC1CC1. The summed E-state index contributed by atoms with van der Waals surface area (Å²) in [5.41, 5.74) is 0. The second-order valence-electron chi connectivity index (χ2n) is 3.20. The molecule has 0 radical (unpaired) electrons. The Labute approximate surface area is 89.8 Å². The Morgan fingerprint density at radius 3 is 3.08 bits per heavy atom. The molecule has 0 aromatic carbocycles. The predicted molar refractivity (Wildman–Crippen MR) is 56.1 cm³/mol. The van der Waals surface area contributed by atoms with Crippen molar-refractivity contribution in [2.24, 2.45) is 0 Å². The van der Waals surface area contributed by atoms with Crippen molar-refractivity contribution in [2.45, 2.75) is 25.4 Å². The highest BCUT2D eigenvalue weighted by Crippen LogP contribution is 2.18. The van der Waals surface area contributed by atoms with Gasteiger partial charge in [0.1, 0.15) is 6.54 Å². The summed E-state index contributed by atoms with van der Waals surface area (Å²) in [6.45, 7) is 0.333. The molecule has 4 nitrogen and oxygen atoms in total. The topological polar surface area (TPSA) is 46.9 Å². The van der Waals surface area contributed by atoms with Gasteiger partial charge in [-0.25, -0.2) is 0 Å². The first-order valence-electron chi connectivity index (χ1n) is 4.21. The van der Waals surface area contributed by atoms with Crippen LogP contribution in [-0.4, -0.2) is 21.7 Å². The lowest BCUT2D eigenvalue weighted by atomic mass is 10.5. The molecule has 70 valence electrons. The van der Waals surface area contributed by atoms with Crippen LogP contribution in [0.3, 0.4) is 0 Å². The van der Waals surface area contributed by atoms with Gasteiger partial charge in [0.05, 0.1) is 9.77 Å². The first kappa shape index (κ1) is 8.98. The standard InChI is InChI=1S/C8H10IN3O/c9-6-3-10-12(4-6)5-8(13)11-7-1-2-7/h3-4,7H,1-2,5H2,(H,11,13). The van der Waals surface area contributed by atoms with Crippen LogP contribution < -0.4 is 5.32 Å². The number of carbonyl (C=O) groups is 1. The summed E-state index contributed by atoms with van der Waals surface area (Å²) in [5, 5.41) is 6.94. The fraction of sp³-hybridized carbons (Fsp3) is 0.500. The van der Waals surface area contributed by atoms with E-state index in [0.717, 1.165) is 16.4 Å². The van der Waals surface area contributed by atoms with Crippen LogP contribution >= 0.6 is 22.6 Å². The summed E-state index contributed by atoms with van der Waals surface area (Å²) < 4.78 is 2.70. The monoisotopic (exact) mass is 291 g/mol. The van der Waals surface area contributed by atoms with E-state index in [2.05, 4.69) is 33.0 Å². The van der Waals surface area contributed by atoms with Gasteiger partial charge in [-0.1, -0.05) is 0 Å². The van der Waals surface area contributed by atoms with Gasteiger partial charge in [-0.2, -0.15) is 5.10 Å². The van der Waals surface area contributed by atoms with E-state index in [1.165, 1.54) is 0 Å². The minimum Gasteiger partial charge on any atom is -0.352 e. The number of carbonyl (C=O) groups excluding carboxylic acids is 1. The van der Waals surface area contributed by atoms with Gasteiger partial charge >= 0.3 is 0 Å². The molecule has 13 heavy (non-hydrogen) atoms. The van der Waals surface area contributed by atoms with E-state index in [1.807, 2.05) is 6.20 Å². The van der Waals surface area contributed by atoms with Crippen LogP contribution in [0.25, 0.3) is 0 Å². The Morgan fingerprint density at radius 2 is 2.54 bits per heavy atom. The molecule has 1 aliphatic carbocycles. The van der Waals surface area contributed by atoms with Crippen LogP contribution in [0, 0.1) is 3.57 Å². The molecule has 1 aliphatic rings. The zero-order valence-electron chi connectivity index (χ0n) is 7.03. The van der Waals surface area contributed by atoms with Crippen LogP contribution in [0.15, 0.2) is 12.4 Å². The highest BCUT2D eigenvalue weighted by atomic mass is 127. The maximum absolute atomic E-state index is 11.3. The maximum Gasteiger partial charge on any atom is 0.241 e. The summed E-state index contributed by atoms with van der Waals surface area (Å²) in [4.78, 5) is 11.3. The van der Waals surface area contributed by atoms with Gasteiger partial charge in [0, 0.05) is 12.2 Å². The van der Waals surface area contributed by atoms with E-state index in [0.29, 0.717) is 12.6 Å². The molecule has 2 rings (SSSR count). The minimum atomic E-state index is 0.0574. The van der Waals surface area contributed by atoms with Gasteiger partial charge in [-0.05, 0) is 35.4 Å². The number of hydrogen-bond acceptors (Lipinski definition) is 2. The molecule has 0 saturated heterocycles. The molecular formula is C8H10IN3O. The van der Waals surface area contributed by atoms with Gasteiger partial charge in [0.2, 0.25) is 5.91 Å². The zero-order valence-corrected chi connectivity index (χ0v) is 9.19. The van der Waals surface area contributed by atoms with Gasteiger partial charge in [-0.15, -0.1) is 0 Å². The fourth-order valence-corrected chi connectivity index (χ4v) is 1.52. The third kappa shape index (κ3) is 2.68. The maximum atomic E-state index is 11.3. The van der Waals surface area contributed by atoms with Crippen molar-refractivity contribution in [3.05, 3.63) is 16.0 Å². The van der Waals surface area contributed by atoms with E-state index in [4.69, 9.17) is 0 Å². The summed E-state index contributed by atoms with van der Waals surface area (Å²) in [5.74, 6) is 0.0574. The van der Waals surface area contributed by atoms with Crippen LogP contribution in [-0.2, 0) is 11.3 Å². The Morgan fingerprint density at radius 1 is 1.77 bits per heavy atom. The molecule has 1 amide bonds. The van der Waals surface area contributed by atoms with E-state index in [1.54, 1.807) is 10.9 Å². The number of nitrogens with one attached hydrogen (secondary N) is 1. The lowest BCUT2D eigenvalue weighted by molar-refractivity contribution is -0.122. The molecule has 1 aromatic heterocycles. The number of amides is 1. The lowest BCUT2D eigenvalue weighted by Gasteiger charge is -2.02. The Bertz CT molecular complexity index is 319. The average Bonchev–Trinajstić information content (AvgIpc) is 2.76. The van der Waals surface area contributed by atoms with Crippen LogP contribution in [0.2, 0.25) is 0 Å². The number of halogens is 1. The van der Waals surface area contributed by atoms with Gasteiger partial charge in [0.25, 0.3) is 0 Å². The Kier molecular flexibility index (Phi) is 2.52. The average molecular weight is 291 g/mol. The van der Waals surface area contributed by atoms with Crippen molar-refractivity contribution >= 4 is 28.5 Å². The second kappa shape index (κ2) is 3.65. The minimum absolute atomic E-state index is 0.0574. The molecule has 1 aromatic rings. The Balaban J connectivity index is 1.85. The van der Waals surface area contributed by atoms with E-state index < -0.39 is 0 Å². The summed E-state index contributed by atoms with van der Waals surface area (Å²) in [7, 11) is 0. The predicted octanol–water partition coefficient (Wildman–Crippen LogP) is 0.766. The van der Waals surface area contributed by atoms with Crippen molar-refractivity contribution in [2.75, 3.05) is 0 Å². The number of aromatic nitrogens is 2. The first-order valence-corrected chi connectivity index (χ1v) is 5.29. The van der Waals surface area contributed by atoms with Gasteiger partial charge in [-0.3, -0.25) is 9.48 Å². The van der Waals surface area contributed by atoms with Crippen molar-refractivity contribution in [3.8, 4) is 0 Å². The van der Waals surface area contributed by atoms with Crippen molar-refractivity contribution in [1.82, 2.24) is 15.1 Å². The zero-order chi connectivity index (χ0) is 9.26. The molecule has 1 fully saturated rings. The fourth-order valence-electron chi connectivity index (χ4n) is 1.07. The normalized spacial score (nSPS) is 15.8. The first-order chi connectivity index (χ1) is 6.24. The molecule has 0 spiro atoms. The highest BCUT2D eigenvalue weighted by Gasteiger charge is 2.23. The Hall–Kier alpha value is -0.590. The molecule has 5 heteroatoms. The van der Waals surface area contributed by atoms with Crippen molar-refractivity contribution in [1.29, 1.82) is 0 Å². The number of rotatable bonds is 3. The summed E-state index contributed by atoms with van der Waals surface area (Å²) in [6, 6.07) is 0.433. The molecular weight excluding hydrogens is 281 g/mol. The number of hydrogen-bond donors (Lipinski definition) is 1. The van der Waals surface area contributed by atoms with Gasteiger partial charge in [0.15, 0.2) is 0 Å². The molecule has 1 saturated carbocycles. The number of nitrogens with zero attached hydrogens (tertiary/aromatic N) is 2.